The fourth-order valence-corrected chi connectivity index (χ4v) is 9.06. The van der Waals surface area contributed by atoms with E-state index < -0.39 is 0 Å². The van der Waals surface area contributed by atoms with Crippen molar-refractivity contribution in [1.29, 1.82) is 0 Å². The van der Waals surface area contributed by atoms with Gasteiger partial charge in [-0.3, -0.25) is 4.98 Å². The third-order valence-electron chi connectivity index (χ3n) is 10.6. The lowest BCUT2D eigenvalue weighted by Crippen LogP contribution is -1.96. The Morgan fingerprint density at radius 3 is 1.82 bits per heavy atom. The van der Waals surface area contributed by atoms with Crippen molar-refractivity contribution in [2.75, 3.05) is 0 Å². The zero-order chi connectivity index (χ0) is 37.0. The summed E-state index contributed by atoms with van der Waals surface area (Å²) in [5.74, 6) is 0.689. The third kappa shape index (κ3) is 5.48. The van der Waals surface area contributed by atoms with Crippen LogP contribution >= 0.6 is 11.3 Å². The van der Waals surface area contributed by atoms with E-state index in [-0.39, 0.29) is 0 Å². The number of fused-ring (bicyclic) bond motifs is 6. The van der Waals surface area contributed by atoms with Gasteiger partial charge in [0, 0.05) is 65.6 Å². The van der Waals surface area contributed by atoms with Crippen molar-refractivity contribution in [2.24, 2.45) is 0 Å². The van der Waals surface area contributed by atoms with Crippen LogP contribution in [0.3, 0.4) is 0 Å². The summed E-state index contributed by atoms with van der Waals surface area (Å²) in [6, 6.07) is 61.7. The van der Waals surface area contributed by atoms with Gasteiger partial charge in [0.1, 0.15) is 11.2 Å². The zero-order valence-corrected chi connectivity index (χ0v) is 30.9. The summed E-state index contributed by atoms with van der Waals surface area (Å²) in [6.07, 6.45) is 3.68. The van der Waals surface area contributed by atoms with Crippen molar-refractivity contribution < 1.29 is 4.42 Å². The van der Waals surface area contributed by atoms with Crippen LogP contribution in [-0.4, -0.2) is 15.0 Å². The molecule has 11 rings (SSSR count). The molecule has 0 atom stereocenters. The molecule has 0 saturated carbocycles. The molecule has 56 heavy (non-hydrogen) atoms. The summed E-state index contributed by atoms with van der Waals surface area (Å²) in [5.41, 5.74) is 13.2. The predicted molar refractivity (Wildman–Crippen MR) is 233 cm³/mol. The van der Waals surface area contributed by atoms with Gasteiger partial charge in [-0.25, -0.2) is 9.97 Å². The van der Waals surface area contributed by atoms with E-state index in [2.05, 4.69) is 151 Å². The standard InChI is InChI=1S/C51H31N3OS/c1-2-10-36(11-3-1)51-53-43(34-23-19-32(20-24-34)37-12-9-29-52-31-37)30-44(54-51)35-25-21-33(22-26-35)38-27-28-40(50-49(38)41-13-4-6-16-45(41)55-50)39-15-8-18-47-48(39)42-14-5-7-17-46(42)56-47/h1-31H. The van der Waals surface area contributed by atoms with Crippen molar-refractivity contribution in [3.8, 4) is 67.3 Å². The number of para-hydroxylation sites is 1. The number of hydrogen-bond donors (Lipinski definition) is 0. The number of aromatic nitrogens is 3. The molecule has 0 aliphatic heterocycles. The first-order valence-corrected chi connectivity index (χ1v) is 19.5. The van der Waals surface area contributed by atoms with E-state index in [4.69, 9.17) is 14.4 Å². The van der Waals surface area contributed by atoms with Crippen molar-refractivity contribution >= 4 is 53.4 Å². The monoisotopic (exact) mass is 733 g/mol. The first-order chi connectivity index (χ1) is 27.7. The van der Waals surface area contributed by atoms with Crippen LogP contribution in [0.15, 0.2) is 193 Å². The molecule has 0 fully saturated rings. The highest BCUT2D eigenvalue weighted by atomic mass is 32.1. The lowest BCUT2D eigenvalue weighted by Gasteiger charge is -2.12. The topological polar surface area (TPSA) is 51.8 Å². The molecule has 0 aliphatic carbocycles. The normalized spacial score (nSPS) is 11.6. The largest absolute Gasteiger partial charge is 0.455 e. The summed E-state index contributed by atoms with van der Waals surface area (Å²) >= 11 is 1.84. The lowest BCUT2D eigenvalue weighted by molar-refractivity contribution is 0.670. The van der Waals surface area contributed by atoms with E-state index >= 15 is 0 Å². The fourth-order valence-electron chi connectivity index (χ4n) is 7.93. The Morgan fingerprint density at radius 1 is 0.411 bits per heavy atom. The number of pyridine rings is 1. The first kappa shape index (κ1) is 32.2. The highest BCUT2D eigenvalue weighted by molar-refractivity contribution is 7.25. The minimum Gasteiger partial charge on any atom is -0.455 e. The van der Waals surface area contributed by atoms with Crippen LogP contribution in [-0.2, 0) is 0 Å². The average Bonchev–Trinajstić information content (AvgIpc) is 3.86. The van der Waals surface area contributed by atoms with Crippen LogP contribution in [0.4, 0.5) is 0 Å². The van der Waals surface area contributed by atoms with Crippen LogP contribution < -0.4 is 0 Å². The number of hydrogen-bond acceptors (Lipinski definition) is 5. The maximum Gasteiger partial charge on any atom is 0.160 e. The minimum atomic E-state index is 0.689. The molecule has 0 amide bonds. The SMILES string of the molecule is c1ccc(-c2nc(-c3ccc(-c4cccnc4)cc3)cc(-c3ccc(-c4ccc(-c5cccc6sc7ccccc7c56)c5oc6ccccc6c45)cc3)n2)cc1. The average molecular weight is 734 g/mol. The second-order valence-corrected chi connectivity index (χ2v) is 15.0. The molecular formula is C51H31N3OS. The smallest absolute Gasteiger partial charge is 0.160 e. The molecule has 262 valence electrons. The summed E-state index contributed by atoms with van der Waals surface area (Å²) in [4.78, 5) is 14.5. The molecular weight excluding hydrogens is 703 g/mol. The van der Waals surface area contributed by atoms with Gasteiger partial charge in [0.05, 0.1) is 11.4 Å². The Kier molecular flexibility index (Phi) is 7.64. The number of benzene rings is 7. The Bertz CT molecular complexity index is 3220. The maximum atomic E-state index is 6.76. The lowest BCUT2D eigenvalue weighted by atomic mass is 9.92. The van der Waals surface area contributed by atoms with E-state index in [1.54, 1.807) is 6.20 Å². The van der Waals surface area contributed by atoms with Gasteiger partial charge in [0.2, 0.25) is 0 Å². The van der Waals surface area contributed by atoms with E-state index in [1.807, 2.05) is 47.9 Å². The van der Waals surface area contributed by atoms with Crippen LogP contribution in [0.25, 0.3) is 109 Å². The van der Waals surface area contributed by atoms with Crippen molar-refractivity contribution in [3.63, 3.8) is 0 Å². The molecule has 0 spiro atoms. The Labute approximate surface area is 327 Å². The van der Waals surface area contributed by atoms with Gasteiger partial charge in [-0.05, 0) is 64.2 Å². The molecule has 0 radical (unpaired) electrons. The molecule has 0 N–H and O–H groups in total. The Morgan fingerprint density at radius 2 is 1.05 bits per heavy atom. The number of nitrogens with zero attached hydrogens (tertiary/aromatic N) is 3. The number of thiophene rings is 1. The number of furan rings is 1. The van der Waals surface area contributed by atoms with Gasteiger partial charge >= 0.3 is 0 Å². The minimum absolute atomic E-state index is 0.689. The molecule has 0 bridgehead atoms. The summed E-state index contributed by atoms with van der Waals surface area (Å²) in [7, 11) is 0. The predicted octanol–water partition coefficient (Wildman–Crippen LogP) is 14.1. The van der Waals surface area contributed by atoms with Gasteiger partial charge in [-0.2, -0.15) is 0 Å². The molecule has 11 aromatic rings. The number of rotatable bonds is 6. The zero-order valence-electron chi connectivity index (χ0n) is 30.1. The van der Waals surface area contributed by atoms with E-state index in [0.717, 1.165) is 77.8 Å². The quantitative estimate of drug-likeness (QED) is 0.171. The van der Waals surface area contributed by atoms with Crippen molar-refractivity contribution in [2.45, 2.75) is 0 Å². The van der Waals surface area contributed by atoms with E-state index in [9.17, 15) is 0 Å². The van der Waals surface area contributed by atoms with Crippen LogP contribution in [0, 0.1) is 0 Å². The molecule has 0 saturated heterocycles. The molecule has 0 aliphatic rings. The molecule has 7 aromatic carbocycles. The van der Waals surface area contributed by atoms with Crippen molar-refractivity contribution in [1.82, 2.24) is 15.0 Å². The Balaban J connectivity index is 1.03. The second kappa shape index (κ2) is 13.3. The summed E-state index contributed by atoms with van der Waals surface area (Å²) in [5, 5.41) is 4.77. The van der Waals surface area contributed by atoms with E-state index in [1.165, 1.54) is 25.7 Å². The van der Waals surface area contributed by atoms with Crippen LogP contribution in [0.5, 0.6) is 0 Å². The molecule has 4 aromatic heterocycles. The van der Waals surface area contributed by atoms with Gasteiger partial charge in [0.15, 0.2) is 5.82 Å². The van der Waals surface area contributed by atoms with Crippen LogP contribution in [0.2, 0.25) is 0 Å². The summed E-state index contributed by atoms with van der Waals surface area (Å²) < 4.78 is 9.32. The summed E-state index contributed by atoms with van der Waals surface area (Å²) in [6.45, 7) is 0. The Hall–Kier alpha value is -7.21. The van der Waals surface area contributed by atoms with Gasteiger partial charge in [-0.15, -0.1) is 11.3 Å². The molecule has 5 heteroatoms. The van der Waals surface area contributed by atoms with Gasteiger partial charge in [-0.1, -0.05) is 140 Å². The maximum absolute atomic E-state index is 6.76. The van der Waals surface area contributed by atoms with E-state index in [0.29, 0.717) is 5.82 Å². The highest BCUT2D eigenvalue weighted by Crippen LogP contribution is 2.46. The van der Waals surface area contributed by atoms with Gasteiger partial charge < -0.3 is 4.42 Å². The first-order valence-electron chi connectivity index (χ1n) is 18.7. The van der Waals surface area contributed by atoms with Gasteiger partial charge in [0.25, 0.3) is 0 Å². The molecule has 4 nitrogen and oxygen atoms in total. The second-order valence-electron chi connectivity index (χ2n) is 14.0. The molecule has 0 unspecified atom stereocenters. The van der Waals surface area contributed by atoms with Crippen molar-refractivity contribution in [3.05, 3.63) is 188 Å². The highest BCUT2D eigenvalue weighted by Gasteiger charge is 2.20. The van der Waals surface area contributed by atoms with Crippen LogP contribution in [0.1, 0.15) is 0 Å². The fraction of sp³-hybridized carbons (Fsp3) is 0. The molecule has 4 heterocycles. The third-order valence-corrected chi connectivity index (χ3v) is 11.8.